The second-order valence-electron chi connectivity index (χ2n) is 8.60. The highest BCUT2D eigenvalue weighted by molar-refractivity contribution is 5.84. The van der Waals surface area contributed by atoms with Crippen LogP contribution in [-0.2, 0) is 16.1 Å². The molecular weight excluding hydrogens is 448 g/mol. The lowest BCUT2D eigenvalue weighted by atomic mass is 9.98. The molecule has 3 aromatic rings. The van der Waals surface area contributed by atoms with Gasteiger partial charge in [-0.3, -0.25) is 4.79 Å². The molecule has 35 heavy (non-hydrogen) atoms. The minimum absolute atomic E-state index is 0.0371. The Morgan fingerprint density at radius 1 is 1.03 bits per heavy atom. The Bertz CT molecular complexity index is 1190. The van der Waals surface area contributed by atoms with E-state index in [1.54, 1.807) is 7.05 Å². The van der Waals surface area contributed by atoms with Gasteiger partial charge in [-0.15, -0.1) is 0 Å². The minimum atomic E-state index is -1.16. The molecule has 2 N–H and O–H groups in total. The summed E-state index contributed by atoms with van der Waals surface area (Å²) in [7, 11) is 1.60. The fourth-order valence-corrected chi connectivity index (χ4v) is 4.37. The largest absolute Gasteiger partial charge is 0.475 e. The molecule has 2 amide bonds. The van der Waals surface area contributed by atoms with Gasteiger partial charge >= 0.3 is 12.1 Å². The molecular formula is C27H28N2O6. The van der Waals surface area contributed by atoms with Crippen molar-refractivity contribution < 1.29 is 28.6 Å². The number of benzene rings is 2. The van der Waals surface area contributed by atoms with Crippen molar-refractivity contribution in [1.29, 1.82) is 0 Å². The third-order valence-corrected chi connectivity index (χ3v) is 6.27. The fourth-order valence-electron chi connectivity index (χ4n) is 4.37. The van der Waals surface area contributed by atoms with Crippen LogP contribution in [0.2, 0.25) is 0 Å². The molecule has 0 unspecified atom stereocenters. The van der Waals surface area contributed by atoms with Crippen molar-refractivity contribution >= 4 is 18.0 Å². The van der Waals surface area contributed by atoms with Gasteiger partial charge < -0.3 is 24.5 Å². The quantitative estimate of drug-likeness (QED) is 0.466. The van der Waals surface area contributed by atoms with E-state index in [1.165, 1.54) is 17.0 Å². The predicted octanol–water partition coefficient (Wildman–Crippen LogP) is 4.64. The average Bonchev–Trinajstić information content (AvgIpc) is 3.45. The third kappa shape index (κ3) is 5.37. The lowest BCUT2D eigenvalue weighted by Gasteiger charge is -2.21. The van der Waals surface area contributed by atoms with Gasteiger partial charge in [0.05, 0.1) is 6.54 Å². The summed E-state index contributed by atoms with van der Waals surface area (Å²) in [5, 5.41) is 11.8. The molecule has 0 saturated heterocycles. The maximum absolute atomic E-state index is 12.7. The number of carbonyl (C=O) groups is 3. The van der Waals surface area contributed by atoms with E-state index in [9.17, 15) is 14.4 Å². The number of furan rings is 1. The van der Waals surface area contributed by atoms with Crippen molar-refractivity contribution in [3.63, 3.8) is 0 Å². The summed E-state index contributed by atoms with van der Waals surface area (Å²) in [4.78, 5) is 37.6. The Labute approximate surface area is 203 Å². The SMILES string of the molecule is CC[C@H](CC(=O)N(C)Cc1ccc(C(=O)O)o1)NC(=O)OCC1c2ccccc2-c2ccccc21. The van der Waals surface area contributed by atoms with Crippen molar-refractivity contribution in [2.24, 2.45) is 0 Å². The summed E-state index contributed by atoms with van der Waals surface area (Å²) >= 11 is 0. The second-order valence-corrected chi connectivity index (χ2v) is 8.60. The number of fused-ring (bicyclic) bond motifs is 3. The summed E-state index contributed by atoms with van der Waals surface area (Å²) in [5.41, 5.74) is 4.58. The van der Waals surface area contributed by atoms with Crippen molar-refractivity contribution in [3.8, 4) is 11.1 Å². The zero-order valence-corrected chi connectivity index (χ0v) is 19.7. The number of alkyl carbamates (subject to hydrolysis) is 1. The van der Waals surface area contributed by atoms with E-state index in [2.05, 4.69) is 29.6 Å². The van der Waals surface area contributed by atoms with E-state index in [-0.39, 0.29) is 37.2 Å². The van der Waals surface area contributed by atoms with Crippen LogP contribution in [-0.4, -0.2) is 47.7 Å². The molecule has 1 aliphatic rings. The third-order valence-electron chi connectivity index (χ3n) is 6.27. The van der Waals surface area contributed by atoms with Crippen LogP contribution in [0.1, 0.15) is 53.1 Å². The van der Waals surface area contributed by atoms with Crippen LogP contribution in [0.3, 0.4) is 0 Å². The Hall–Kier alpha value is -4.07. The first kappa shape index (κ1) is 24.1. The van der Waals surface area contributed by atoms with E-state index in [0.29, 0.717) is 12.2 Å². The number of carboxylic acid groups (broad SMARTS) is 1. The standard InChI is InChI=1S/C27H28N2O6/c1-3-17(14-25(30)29(2)15-18-12-13-24(35-18)26(31)32)28-27(33)34-16-23-21-10-6-4-8-19(21)20-9-5-7-11-22(20)23/h4-13,17,23H,3,14-16H2,1-2H3,(H,28,33)(H,31,32)/t17-/m1/s1. The number of carboxylic acids is 1. The molecule has 4 rings (SSSR count). The summed E-state index contributed by atoms with van der Waals surface area (Å²) in [6.45, 7) is 2.22. The molecule has 0 bridgehead atoms. The van der Waals surface area contributed by atoms with Crippen molar-refractivity contribution in [2.45, 2.75) is 38.3 Å². The topological polar surface area (TPSA) is 109 Å². The van der Waals surface area contributed by atoms with Gasteiger partial charge in [-0.25, -0.2) is 9.59 Å². The van der Waals surface area contributed by atoms with Gasteiger partial charge in [0.1, 0.15) is 12.4 Å². The number of hydrogen-bond acceptors (Lipinski definition) is 5. The zero-order valence-electron chi connectivity index (χ0n) is 19.7. The average molecular weight is 477 g/mol. The van der Waals surface area contributed by atoms with E-state index in [0.717, 1.165) is 22.3 Å². The second kappa shape index (κ2) is 10.5. The van der Waals surface area contributed by atoms with Crippen LogP contribution in [0.15, 0.2) is 65.1 Å². The molecule has 0 saturated carbocycles. The summed E-state index contributed by atoms with van der Waals surface area (Å²) < 4.78 is 10.8. The first-order valence-electron chi connectivity index (χ1n) is 11.5. The number of hydrogen-bond donors (Lipinski definition) is 2. The number of carbonyl (C=O) groups excluding carboxylic acids is 2. The Balaban J connectivity index is 1.31. The van der Waals surface area contributed by atoms with Crippen LogP contribution >= 0.6 is 0 Å². The van der Waals surface area contributed by atoms with Gasteiger partial charge in [0, 0.05) is 25.4 Å². The summed E-state index contributed by atoms with van der Waals surface area (Å²) in [6.07, 6.45) is 0.0727. The molecule has 1 heterocycles. The van der Waals surface area contributed by atoms with E-state index < -0.39 is 18.1 Å². The van der Waals surface area contributed by atoms with Crippen LogP contribution in [0.5, 0.6) is 0 Å². The molecule has 2 aromatic carbocycles. The molecule has 182 valence electrons. The Morgan fingerprint density at radius 2 is 1.66 bits per heavy atom. The first-order valence-corrected chi connectivity index (χ1v) is 11.5. The van der Waals surface area contributed by atoms with Crippen LogP contribution < -0.4 is 5.32 Å². The molecule has 1 atom stereocenters. The van der Waals surface area contributed by atoms with E-state index in [4.69, 9.17) is 14.3 Å². The lowest BCUT2D eigenvalue weighted by molar-refractivity contribution is -0.131. The number of nitrogens with zero attached hydrogens (tertiary/aromatic N) is 1. The highest BCUT2D eigenvalue weighted by Crippen LogP contribution is 2.44. The van der Waals surface area contributed by atoms with Gasteiger partial charge in [-0.2, -0.15) is 0 Å². The van der Waals surface area contributed by atoms with Crippen molar-refractivity contribution in [3.05, 3.63) is 83.3 Å². The van der Waals surface area contributed by atoms with Gasteiger partial charge in [-0.05, 0) is 40.8 Å². The monoisotopic (exact) mass is 476 g/mol. The molecule has 1 aliphatic carbocycles. The molecule has 0 spiro atoms. The van der Waals surface area contributed by atoms with Gasteiger partial charge in [0.25, 0.3) is 0 Å². The van der Waals surface area contributed by atoms with Crippen LogP contribution in [0.25, 0.3) is 11.1 Å². The number of aromatic carboxylic acids is 1. The van der Waals surface area contributed by atoms with Crippen molar-refractivity contribution in [1.82, 2.24) is 10.2 Å². The number of rotatable bonds is 9. The molecule has 1 aromatic heterocycles. The zero-order chi connectivity index (χ0) is 24.9. The first-order chi connectivity index (χ1) is 16.9. The Morgan fingerprint density at radius 3 is 2.23 bits per heavy atom. The van der Waals surface area contributed by atoms with E-state index in [1.807, 2.05) is 31.2 Å². The van der Waals surface area contributed by atoms with E-state index >= 15 is 0 Å². The maximum atomic E-state index is 12.7. The van der Waals surface area contributed by atoms with Gasteiger partial charge in [0.2, 0.25) is 11.7 Å². The highest BCUT2D eigenvalue weighted by Gasteiger charge is 2.29. The maximum Gasteiger partial charge on any atom is 0.407 e. The van der Waals surface area contributed by atoms with Gasteiger partial charge in [-0.1, -0.05) is 55.5 Å². The molecule has 0 aliphatic heterocycles. The number of amides is 2. The lowest BCUT2D eigenvalue weighted by Crippen LogP contribution is -2.39. The number of ether oxygens (including phenoxy) is 1. The van der Waals surface area contributed by atoms with Gasteiger partial charge in [0.15, 0.2) is 0 Å². The molecule has 0 fully saturated rings. The number of nitrogens with one attached hydrogen (secondary N) is 1. The highest BCUT2D eigenvalue weighted by atomic mass is 16.5. The van der Waals surface area contributed by atoms with Crippen LogP contribution in [0, 0.1) is 0 Å². The summed E-state index contributed by atoms with van der Waals surface area (Å²) in [6, 6.07) is 18.7. The smallest absolute Gasteiger partial charge is 0.407 e. The van der Waals surface area contributed by atoms with Crippen LogP contribution in [0.4, 0.5) is 4.79 Å². The summed E-state index contributed by atoms with van der Waals surface area (Å²) in [5.74, 6) is -1.21. The normalized spacial score (nSPS) is 13.0. The minimum Gasteiger partial charge on any atom is -0.475 e. The predicted molar refractivity (Wildman–Crippen MR) is 129 cm³/mol. The Kier molecular flexibility index (Phi) is 7.19. The molecule has 0 radical (unpaired) electrons. The van der Waals surface area contributed by atoms with Crippen molar-refractivity contribution in [2.75, 3.05) is 13.7 Å². The fraction of sp³-hybridized carbons (Fsp3) is 0.296. The molecule has 8 heteroatoms. The molecule has 8 nitrogen and oxygen atoms in total.